The number of methoxy groups -OCH3 is 4. The molecule has 0 aliphatic carbocycles. The van der Waals surface area contributed by atoms with E-state index < -0.39 is 17.3 Å². The van der Waals surface area contributed by atoms with Crippen LogP contribution in [0.5, 0.6) is 23.4 Å². The third-order valence-electron chi connectivity index (χ3n) is 7.37. The first kappa shape index (κ1) is 31.2. The van der Waals surface area contributed by atoms with Gasteiger partial charge in [0.1, 0.15) is 5.60 Å². The summed E-state index contributed by atoms with van der Waals surface area (Å²) in [6.45, 7) is 0.441. The molecule has 4 aromatic rings. The van der Waals surface area contributed by atoms with Crippen LogP contribution in [0.3, 0.4) is 0 Å². The van der Waals surface area contributed by atoms with Crippen molar-refractivity contribution in [2.24, 2.45) is 0 Å². The molecular formula is C33H35FN4O5. The molecule has 0 saturated heterocycles. The molecule has 0 radical (unpaired) electrons. The number of hydrogen-bond acceptors (Lipinski definition) is 9. The molecule has 2 aromatic carbocycles. The minimum absolute atomic E-state index is 0.0255. The maximum absolute atomic E-state index is 16.3. The zero-order chi connectivity index (χ0) is 31.1. The number of hydrogen-bond donors (Lipinski definition) is 1. The van der Waals surface area contributed by atoms with Crippen molar-refractivity contribution >= 4 is 0 Å². The highest BCUT2D eigenvalue weighted by molar-refractivity contribution is 5.66. The molecule has 10 heteroatoms. The second kappa shape index (κ2) is 13.5. The van der Waals surface area contributed by atoms with Gasteiger partial charge in [-0.2, -0.15) is 10.2 Å². The van der Waals surface area contributed by atoms with Gasteiger partial charge in [0.2, 0.25) is 17.6 Å². The van der Waals surface area contributed by atoms with Crippen LogP contribution < -0.4 is 18.9 Å². The van der Waals surface area contributed by atoms with Gasteiger partial charge in [-0.3, -0.25) is 0 Å². The Hall–Kier alpha value is -4.72. The molecule has 9 nitrogen and oxygen atoms in total. The number of aromatic nitrogens is 2. The lowest BCUT2D eigenvalue weighted by atomic mass is 9.71. The summed E-state index contributed by atoms with van der Waals surface area (Å²) in [5.41, 5.74) is 1.23. The smallest absolute Gasteiger partial charge is 0.217 e. The summed E-state index contributed by atoms with van der Waals surface area (Å²) in [6.07, 6.45) is 1.81. The lowest BCUT2D eigenvalue weighted by Crippen LogP contribution is -2.38. The number of ether oxygens (including phenoxy) is 4. The Balaban J connectivity index is 2.08. The number of nitrogens with zero attached hydrogens (tertiary/aromatic N) is 4. The molecule has 0 spiro atoms. The summed E-state index contributed by atoms with van der Waals surface area (Å²) in [5.74, 6) is -1.01. The molecule has 2 aromatic heterocycles. The monoisotopic (exact) mass is 586 g/mol. The second-order valence-electron chi connectivity index (χ2n) is 10.2. The Bertz CT molecular complexity index is 1580. The van der Waals surface area contributed by atoms with Gasteiger partial charge < -0.3 is 29.0 Å². The van der Waals surface area contributed by atoms with Crippen LogP contribution in [0.1, 0.15) is 34.6 Å². The Morgan fingerprint density at radius 2 is 1.58 bits per heavy atom. The van der Waals surface area contributed by atoms with Gasteiger partial charge in [0.25, 0.3) is 0 Å². The Morgan fingerprint density at radius 1 is 0.907 bits per heavy atom. The number of benzene rings is 2. The van der Waals surface area contributed by atoms with Gasteiger partial charge in [-0.15, -0.1) is 0 Å². The molecule has 0 fully saturated rings. The van der Waals surface area contributed by atoms with Crippen molar-refractivity contribution in [1.29, 1.82) is 5.26 Å². The first-order valence-corrected chi connectivity index (χ1v) is 13.5. The SMILES string of the molecule is COc1cc([C@](O)(CCN(C)C)[C@@H](c2cc(-c3ccc(C#N)cc3)cnc2OC)c2cccc(OC)c2F)cc(OC)n1. The molecule has 0 bridgehead atoms. The van der Waals surface area contributed by atoms with Gasteiger partial charge in [-0.1, -0.05) is 24.3 Å². The van der Waals surface area contributed by atoms with Gasteiger partial charge in [-0.05, 0) is 55.9 Å². The summed E-state index contributed by atoms with van der Waals surface area (Å²) in [6, 6.07) is 19.0. The van der Waals surface area contributed by atoms with Crippen LogP contribution in [0.25, 0.3) is 11.1 Å². The first-order valence-electron chi connectivity index (χ1n) is 13.5. The van der Waals surface area contributed by atoms with Crippen LogP contribution in [0, 0.1) is 17.1 Å². The second-order valence-corrected chi connectivity index (χ2v) is 10.2. The highest BCUT2D eigenvalue weighted by atomic mass is 19.1. The van der Waals surface area contributed by atoms with E-state index in [-0.39, 0.29) is 35.4 Å². The molecule has 43 heavy (non-hydrogen) atoms. The van der Waals surface area contributed by atoms with E-state index in [1.807, 2.05) is 37.2 Å². The van der Waals surface area contributed by atoms with Crippen molar-refractivity contribution in [3.63, 3.8) is 0 Å². The molecule has 0 amide bonds. The number of nitriles is 1. The summed E-state index contributed by atoms with van der Waals surface area (Å²) in [5, 5.41) is 22.2. The van der Waals surface area contributed by atoms with Gasteiger partial charge in [0.05, 0.1) is 46.0 Å². The van der Waals surface area contributed by atoms with E-state index in [9.17, 15) is 10.4 Å². The molecule has 4 rings (SSSR count). The summed E-state index contributed by atoms with van der Waals surface area (Å²) >= 11 is 0. The average Bonchev–Trinajstić information content (AvgIpc) is 3.04. The van der Waals surface area contributed by atoms with E-state index >= 15 is 4.39 Å². The van der Waals surface area contributed by atoms with Crippen LogP contribution in [-0.4, -0.2) is 69.1 Å². The van der Waals surface area contributed by atoms with Gasteiger partial charge in [0.15, 0.2) is 11.6 Å². The fourth-order valence-electron chi connectivity index (χ4n) is 5.12. The van der Waals surface area contributed by atoms with Crippen LogP contribution in [0.15, 0.2) is 66.9 Å². The summed E-state index contributed by atoms with van der Waals surface area (Å²) in [7, 11) is 9.59. The third kappa shape index (κ3) is 6.53. The molecular weight excluding hydrogens is 551 g/mol. The van der Waals surface area contributed by atoms with Crippen molar-refractivity contribution in [3.05, 3.63) is 94.9 Å². The fraction of sp³-hybridized carbons (Fsp3) is 0.303. The maximum Gasteiger partial charge on any atom is 0.217 e. The minimum atomic E-state index is -1.76. The van der Waals surface area contributed by atoms with Crippen molar-refractivity contribution < 1.29 is 28.4 Å². The highest BCUT2D eigenvalue weighted by Crippen LogP contribution is 2.49. The van der Waals surface area contributed by atoms with Gasteiger partial charge in [0, 0.05) is 41.6 Å². The van der Waals surface area contributed by atoms with E-state index in [1.165, 1.54) is 34.5 Å². The first-order chi connectivity index (χ1) is 20.7. The van der Waals surface area contributed by atoms with E-state index in [0.29, 0.717) is 28.8 Å². The van der Waals surface area contributed by atoms with Crippen LogP contribution >= 0.6 is 0 Å². The summed E-state index contributed by atoms with van der Waals surface area (Å²) in [4.78, 5) is 10.8. The average molecular weight is 587 g/mol. The van der Waals surface area contributed by atoms with Crippen molar-refractivity contribution in [2.75, 3.05) is 49.1 Å². The topological polar surface area (TPSA) is 110 Å². The van der Waals surface area contributed by atoms with Gasteiger partial charge >= 0.3 is 0 Å². The van der Waals surface area contributed by atoms with Crippen molar-refractivity contribution in [3.8, 4) is 40.6 Å². The molecule has 0 saturated carbocycles. The third-order valence-corrected chi connectivity index (χ3v) is 7.37. The lowest BCUT2D eigenvalue weighted by molar-refractivity contribution is 0.00229. The number of pyridine rings is 2. The molecule has 1 N–H and O–H groups in total. The van der Waals surface area contributed by atoms with Crippen LogP contribution in [-0.2, 0) is 5.60 Å². The molecule has 224 valence electrons. The Kier molecular flexibility index (Phi) is 9.80. The Morgan fingerprint density at radius 3 is 2.14 bits per heavy atom. The van der Waals surface area contributed by atoms with Crippen molar-refractivity contribution in [2.45, 2.75) is 17.9 Å². The molecule has 0 aliphatic heterocycles. The summed E-state index contributed by atoms with van der Waals surface area (Å²) < 4.78 is 38.2. The van der Waals surface area contributed by atoms with E-state index in [0.717, 1.165) is 5.56 Å². The number of halogens is 1. The highest BCUT2D eigenvalue weighted by Gasteiger charge is 2.44. The molecule has 2 atom stereocenters. The molecule has 0 aliphatic rings. The number of aliphatic hydroxyl groups is 1. The van der Waals surface area contributed by atoms with E-state index in [2.05, 4.69) is 16.0 Å². The van der Waals surface area contributed by atoms with Crippen LogP contribution in [0.4, 0.5) is 4.39 Å². The predicted octanol–water partition coefficient (Wildman–Crippen LogP) is 5.16. The number of rotatable bonds is 12. The Labute approximate surface area is 251 Å². The standard InChI is InChI=1S/C33H35FN4O5/c1-38(2)15-14-33(39,24-17-28(41-4)37-29(18-24)42-5)30(25-8-7-9-27(40-3)31(25)34)26-16-23(20-36-32(26)43-6)22-12-10-21(19-35)11-13-22/h7-13,16-18,20,30,39H,14-15H2,1-6H3/t30-,33-/m1/s1. The quantitative estimate of drug-likeness (QED) is 0.241. The van der Waals surface area contributed by atoms with Crippen molar-refractivity contribution in [1.82, 2.24) is 14.9 Å². The zero-order valence-corrected chi connectivity index (χ0v) is 25.1. The minimum Gasteiger partial charge on any atom is -0.494 e. The fourth-order valence-corrected chi connectivity index (χ4v) is 5.12. The molecule has 0 unspecified atom stereocenters. The molecule has 2 heterocycles. The zero-order valence-electron chi connectivity index (χ0n) is 25.1. The largest absolute Gasteiger partial charge is 0.494 e. The maximum atomic E-state index is 16.3. The normalized spacial score (nSPS) is 13.1. The van der Waals surface area contributed by atoms with E-state index in [4.69, 9.17) is 18.9 Å². The predicted molar refractivity (Wildman–Crippen MR) is 160 cm³/mol. The van der Waals surface area contributed by atoms with Crippen LogP contribution in [0.2, 0.25) is 0 Å². The van der Waals surface area contributed by atoms with Gasteiger partial charge in [-0.25, -0.2) is 9.37 Å². The van der Waals surface area contributed by atoms with E-state index in [1.54, 1.807) is 42.6 Å². The lowest BCUT2D eigenvalue weighted by Gasteiger charge is -2.39.